The summed E-state index contributed by atoms with van der Waals surface area (Å²) in [6, 6.07) is 5.66. The fourth-order valence-electron chi connectivity index (χ4n) is 4.28. The third-order valence-corrected chi connectivity index (χ3v) is 5.92. The van der Waals surface area contributed by atoms with Crippen LogP contribution >= 0.6 is 0 Å². The Bertz CT molecular complexity index is 743. The van der Waals surface area contributed by atoms with Gasteiger partial charge in [0.1, 0.15) is 5.75 Å². The molecule has 1 saturated carbocycles. The molecule has 0 spiro atoms. The van der Waals surface area contributed by atoms with E-state index in [0.717, 1.165) is 51.5 Å². The number of nitrogens with one attached hydrogen (secondary N) is 3. The summed E-state index contributed by atoms with van der Waals surface area (Å²) >= 11 is 0. The van der Waals surface area contributed by atoms with Crippen LogP contribution in [0.4, 0.5) is 13.2 Å². The Hall–Kier alpha value is -2.29. The van der Waals surface area contributed by atoms with Crippen LogP contribution in [0.3, 0.4) is 0 Å². The third-order valence-electron chi connectivity index (χ3n) is 5.92. The summed E-state index contributed by atoms with van der Waals surface area (Å²) in [4.78, 5) is 24.6. The number of hydrogen-bond acceptors (Lipinski definition) is 4. The average Bonchev–Trinajstić information content (AvgIpc) is 2.73. The first kappa shape index (κ1) is 23.4. The molecule has 0 radical (unpaired) electrons. The van der Waals surface area contributed by atoms with Crippen LogP contribution in [0.25, 0.3) is 0 Å². The lowest BCUT2D eigenvalue weighted by Crippen LogP contribution is -2.50. The topological polar surface area (TPSA) is 79.5 Å². The fraction of sp³-hybridized carbons (Fsp3) is 0.636. The Morgan fingerprint density at radius 1 is 1.10 bits per heavy atom. The van der Waals surface area contributed by atoms with Gasteiger partial charge in [-0.2, -0.15) is 0 Å². The number of amides is 2. The van der Waals surface area contributed by atoms with Crippen LogP contribution in [0.1, 0.15) is 56.9 Å². The van der Waals surface area contributed by atoms with Crippen LogP contribution in [0.15, 0.2) is 24.3 Å². The molecule has 1 aliphatic heterocycles. The number of ether oxygens (including phenoxy) is 1. The van der Waals surface area contributed by atoms with Gasteiger partial charge >= 0.3 is 6.36 Å². The molecule has 3 N–H and O–H groups in total. The zero-order valence-corrected chi connectivity index (χ0v) is 17.5. The molecule has 2 amide bonds. The molecule has 1 atom stereocenters. The van der Waals surface area contributed by atoms with Crippen molar-refractivity contribution in [2.75, 3.05) is 6.54 Å². The second-order valence-corrected chi connectivity index (χ2v) is 8.40. The van der Waals surface area contributed by atoms with Crippen molar-refractivity contribution in [2.45, 2.75) is 76.4 Å². The van der Waals surface area contributed by atoms with Crippen molar-refractivity contribution in [3.05, 3.63) is 29.8 Å². The zero-order valence-electron chi connectivity index (χ0n) is 17.5. The molecule has 0 bridgehead atoms. The van der Waals surface area contributed by atoms with Crippen LogP contribution in [0, 0.1) is 5.92 Å². The lowest BCUT2D eigenvalue weighted by Gasteiger charge is -2.31. The van der Waals surface area contributed by atoms with Gasteiger partial charge in [0.15, 0.2) is 0 Å². The predicted octanol–water partition coefficient (Wildman–Crippen LogP) is 3.41. The van der Waals surface area contributed by atoms with E-state index in [-0.39, 0.29) is 42.1 Å². The normalized spacial score (nSPS) is 24.3. The number of carbonyl (C=O) groups excluding carboxylic acids is 2. The molecule has 1 aromatic rings. The lowest BCUT2D eigenvalue weighted by atomic mass is 9.83. The van der Waals surface area contributed by atoms with Gasteiger partial charge in [0.05, 0.1) is 6.04 Å². The molecule has 2 fully saturated rings. The van der Waals surface area contributed by atoms with Crippen molar-refractivity contribution >= 4 is 11.8 Å². The van der Waals surface area contributed by atoms with Crippen molar-refractivity contribution in [3.8, 4) is 5.75 Å². The van der Waals surface area contributed by atoms with Crippen molar-refractivity contribution in [1.82, 2.24) is 16.0 Å². The maximum atomic E-state index is 12.3. The van der Waals surface area contributed by atoms with Crippen LogP contribution < -0.4 is 20.7 Å². The Balaban J connectivity index is 1.35. The maximum Gasteiger partial charge on any atom is 0.573 e. The van der Waals surface area contributed by atoms with E-state index >= 15 is 0 Å². The summed E-state index contributed by atoms with van der Waals surface area (Å²) in [7, 11) is 0. The molecular weight excluding hydrogens is 411 g/mol. The minimum atomic E-state index is -4.74. The van der Waals surface area contributed by atoms with E-state index in [4.69, 9.17) is 0 Å². The minimum absolute atomic E-state index is 0.0811. The highest BCUT2D eigenvalue weighted by Gasteiger charge is 2.31. The fourth-order valence-corrected chi connectivity index (χ4v) is 4.28. The second-order valence-electron chi connectivity index (χ2n) is 8.40. The number of carbonyl (C=O) groups is 2. The highest BCUT2D eigenvalue weighted by molar-refractivity contribution is 5.82. The minimum Gasteiger partial charge on any atom is -0.406 e. The number of alkyl halides is 3. The molecule has 2 aliphatic rings. The molecule has 1 aliphatic carbocycles. The van der Waals surface area contributed by atoms with Gasteiger partial charge < -0.3 is 20.7 Å². The summed E-state index contributed by atoms with van der Waals surface area (Å²) in [5, 5.41) is 9.16. The van der Waals surface area contributed by atoms with E-state index in [1.165, 1.54) is 18.2 Å². The third kappa shape index (κ3) is 8.05. The molecular formula is C22H30F3N3O3. The number of rotatable bonds is 7. The molecule has 1 saturated heterocycles. The monoisotopic (exact) mass is 441 g/mol. The maximum absolute atomic E-state index is 12.3. The Morgan fingerprint density at radius 3 is 2.55 bits per heavy atom. The summed E-state index contributed by atoms with van der Waals surface area (Å²) in [5.74, 6) is -0.0949. The number of benzene rings is 1. The van der Waals surface area contributed by atoms with Crippen LogP contribution in [0.2, 0.25) is 0 Å². The summed E-state index contributed by atoms with van der Waals surface area (Å²) in [6.45, 7) is 1.03. The Kier molecular flexibility index (Phi) is 8.17. The largest absolute Gasteiger partial charge is 0.573 e. The molecule has 172 valence electrons. The quantitative estimate of drug-likeness (QED) is 0.606. The molecule has 0 aromatic heterocycles. The summed E-state index contributed by atoms with van der Waals surface area (Å²) in [6.07, 6.45) is 2.15. The molecule has 6 nitrogen and oxygen atoms in total. The smallest absolute Gasteiger partial charge is 0.406 e. The van der Waals surface area contributed by atoms with Crippen molar-refractivity contribution < 1.29 is 27.5 Å². The summed E-state index contributed by atoms with van der Waals surface area (Å²) in [5.41, 5.74) is 0.540. The van der Waals surface area contributed by atoms with E-state index in [9.17, 15) is 22.8 Å². The molecule has 1 aromatic carbocycles. The van der Waals surface area contributed by atoms with Gasteiger partial charge in [-0.15, -0.1) is 13.2 Å². The van der Waals surface area contributed by atoms with Gasteiger partial charge in [-0.1, -0.05) is 18.6 Å². The van der Waals surface area contributed by atoms with E-state index in [1.54, 1.807) is 6.07 Å². The average molecular weight is 441 g/mol. The number of hydrogen-bond donors (Lipinski definition) is 3. The van der Waals surface area contributed by atoms with Crippen molar-refractivity contribution in [3.63, 3.8) is 0 Å². The molecule has 9 heteroatoms. The molecule has 1 heterocycles. The highest BCUT2D eigenvalue weighted by atomic mass is 19.4. The molecule has 31 heavy (non-hydrogen) atoms. The SMILES string of the molecule is O=C(CC1CCC(NC(=O)[C@@H]2CCCCN2)CC1)NCc1cccc(OC(F)(F)F)c1. The lowest BCUT2D eigenvalue weighted by molar-refractivity contribution is -0.274. The molecule has 0 unspecified atom stereocenters. The number of piperidine rings is 1. The zero-order chi connectivity index (χ0) is 22.3. The highest BCUT2D eigenvalue weighted by Crippen LogP contribution is 2.27. The van der Waals surface area contributed by atoms with E-state index in [1.807, 2.05) is 0 Å². The van der Waals surface area contributed by atoms with Gasteiger partial charge in [-0.25, -0.2) is 0 Å². The van der Waals surface area contributed by atoms with Crippen LogP contribution in [-0.2, 0) is 16.1 Å². The summed E-state index contributed by atoms with van der Waals surface area (Å²) < 4.78 is 40.9. The molecule has 3 rings (SSSR count). The van der Waals surface area contributed by atoms with Gasteiger partial charge in [0, 0.05) is 19.0 Å². The van der Waals surface area contributed by atoms with Gasteiger partial charge in [-0.3, -0.25) is 9.59 Å². The van der Waals surface area contributed by atoms with Crippen molar-refractivity contribution in [2.24, 2.45) is 5.92 Å². The van der Waals surface area contributed by atoms with Gasteiger partial charge in [0.2, 0.25) is 11.8 Å². The van der Waals surface area contributed by atoms with E-state index < -0.39 is 6.36 Å². The Morgan fingerprint density at radius 2 is 1.87 bits per heavy atom. The Labute approximate surface area is 180 Å². The first-order chi connectivity index (χ1) is 14.8. The van der Waals surface area contributed by atoms with Gasteiger partial charge in [-0.05, 0) is 68.7 Å². The van der Waals surface area contributed by atoms with Crippen molar-refractivity contribution in [1.29, 1.82) is 0 Å². The van der Waals surface area contributed by atoms with Crippen LogP contribution in [-0.4, -0.2) is 36.8 Å². The van der Waals surface area contributed by atoms with E-state index in [0.29, 0.717) is 12.0 Å². The first-order valence-corrected chi connectivity index (χ1v) is 10.9. The van der Waals surface area contributed by atoms with Crippen LogP contribution in [0.5, 0.6) is 5.75 Å². The standard InChI is InChI=1S/C22H30F3N3O3/c23-22(24,25)31-18-5-3-4-16(12-18)14-27-20(29)13-15-7-9-17(10-8-15)28-21(30)19-6-1-2-11-26-19/h3-5,12,15,17,19,26H,1-2,6-11,13-14H2,(H,27,29)(H,28,30)/t15?,17?,19-/m0/s1. The van der Waals surface area contributed by atoms with E-state index in [2.05, 4.69) is 20.7 Å². The second kappa shape index (κ2) is 10.8. The first-order valence-electron chi connectivity index (χ1n) is 10.9. The number of halogens is 3. The van der Waals surface area contributed by atoms with Gasteiger partial charge in [0.25, 0.3) is 0 Å². The predicted molar refractivity (Wildman–Crippen MR) is 109 cm³/mol.